The molecule has 0 rings (SSSR count). The molecule has 2 nitrogen and oxygen atoms in total. The molecule has 0 aliphatic carbocycles. The van der Waals surface area contributed by atoms with E-state index < -0.39 is 0 Å². The molecule has 0 spiro atoms. The maximum Gasteiger partial charge on any atom is 0.0348 e. The van der Waals surface area contributed by atoms with Crippen molar-refractivity contribution in [3.8, 4) is 0 Å². The van der Waals surface area contributed by atoms with E-state index >= 15 is 0 Å². The fourth-order valence-electron chi connectivity index (χ4n) is 0.525. The van der Waals surface area contributed by atoms with Gasteiger partial charge in [0, 0.05) is 19.3 Å². The number of nitrogens with one attached hydrogen (secondary N) is 2. The highest BCUT2D eigenvalue weighted by Crippen LogP contribution is 1.80. The summed E-state index contributed by atoms with van der Waals surface area (Å²) in [7, 11) is 3.85. The molecule has 0 aromatic rings. The molecule has 0 saturated heterocycles. The van der Waals surface area contributed by atoms with E-state index in [1.807, 2.05) is 21.0 Å². The minimum absolute atomic E-state index is 0.924. The van der Waals surface area contributed by atoms with Gasteiger partial charge in [-0.3, -0.25) is 0 Å². The normalized spacial score (nSPS) is 11.6. The van der Waals surface area contributed by atoms with Crippen molar-refractivity contribution in [1.29, 1.82) is 0 Å². The highest BCUT2D eigenvalue weighted by atomic mass is 14.9. The van der Waals surface area contributed by atoms with Crippen LogP contribution in [-0.2, 0) is 0 Å². The van der Waals surface area contributed by atoms with Crippen LogP contribution in [0.3, 0.4) is 0 Å². The Morgan fingerprint density at radius 2 is 2.12 bits per heavy atom. The van der Waals surface area contributed by atoms with E-state index in [1.165, 1.54) is 5.70 Å². The van der Waals surface area contributed by atoms with Crippen LogP contribution in [0.4, 0.5) is 0 Å². The first kappa shape index (κ1) is 7.50. The van der Waals surface area contributed by atoms with E-state index in [4.69, 9.17) is 0 Å². The SMILES string of the molecule is C/C=C(/CNC)NC. The third-order valence-electron chi connectivity index (χ3n) is 1.04. The average molecular weight is 114 g/mol. The lowest BCUT2D eigenvalue weighted by Gasteiger charge is -2.02. The van der Waals surface area contributed by atoms with Crippen molar-refractivity contribution < 1.29 is 0 Å². The molecular weight excluding hydrogens is 100 g/mol. The molecule has 0 unspecified atom stereocenters. The third-order valence-corrected chi connectivity index (χ3v) is 1.04. The second-order valence-corrected chi connectivity index (χ2v) is 1.59. The Morgan fingerprint density at radius 3 is 2.25 bits per heavy atom. The van der Waals surface area contributed by atoms with Crippen LogP contribution in [0.25, 0.3) is 0 Å². The Labute approximate surface area is 51.0 Å². The summed E-state index contributed by atoms with van der Waals surface area (Å²) in [6.07, 6.45) is 2.05. The lowest BCUT2D eigenvalue weighted by Crippen LogP contribution is -2.18. The van der Waals surface area contributed by atoms with E-state index in [-0.39, 0.29) is 0 Å². The summed E-state index contributed by atoms with van der Waals surface area (Å²) >= 11 is 0. The summed E-state index contributed by atoms with van der Waals surface area (Å²) in [6.45, 7) is 2.94. The molecule has 0 aliphatic rings. The van der Waals surface area contributed by atoms with Crippen molar-refractivity contribution in [2.24, 2.45) is 0 Å². The predicted molar refractivity (Wildman–Crippen MR) is 36.7 cm³/mol. The van der Waals surface area contributed by atoms with Crippen LogP contribution >= 0.6 is 0 Å². The number of likely N-dealkylation sites (N-methyl/N-ethyl adjacent to an activating group) is 2. The molecule has 0 aromatic carbocycles. The van der Waals surface area contributed by atoms with Gasteiger partial charge in [0.1, 0.15) is 0 Å². The van der Waals surface area contributed by atoms with Gasteiger partial charge in [0.05, 0.1) is 0 Å². The maximum absolute atomic E-state index is 3.05. The van der Waals surface area contributed by atoms with Gasteiger partial charge in [0.15, 0.2) is 0 Å². The molecular formula is C6H14N2. The summed E-state index contributed by atoms with van der Waals surface area (Å²) in [5.41, 5.74) is 1.23. The van der Waals surface area contributed by atoms with Crippen molar-refractivity contribution in [3.63, 3.8) is 0 Å². The second-order valence-electron chi connectivity index (χ2n) is 1.59. The van der Waals surface area contributed by atoms with Crippen LogP contribution in [-0.4, -0.2) is 20.6 Å². The van der Waals surface area contributed by atoms with Gasteiger partial charge in [-0.15, -0.1) is 0 Å². The molecule has 0 fully saturated rings. The van der Waals surface area contributed by atoms with Crippen molar-refractivity contribution >= 4 is 0 Å². The van der Waals surface area contributed by atoms with Gasteiger partial charge in [-0.25, -0.2) is 0 Å². The van der Waals surface area contributed by atoms with Gasteiger partial charge in [0.25, 0.3) is 0 Å². The molecule has 0 aliphatic heterocycles. The molecule has 0 bridgehead atoms. The van der Waals surface area contributed by atoms with Crippen molar-refractivity contribution in [3.05, 3.63) is 11.8 Å². The quantitative estimate of drug-likeness (QED) is 0.552. The van der Waals surface area contributed by atoms with Crippen LogP contribution in [0.1, 0.15) is 6.92 Å². The molecule has 0 amide bonds. The summed E-state index contributed by atoms with van der Waals surface area (Å²) in [5, 5.41) is 6.09. The molecule has 0 heterocycles. The summed E-state index contributed by atoms with van der Waals surface area (Å²) < 4.78 is 0. The van der Waals surface area contributed by atoms with Crippen LogP contribution in [0.2, 0.25) is 0 Å². The number of hydrogen-bond donors (Lipinski definition) is 2. The zero-order valence-electron chi connectivity index (χ0n) is 5.78. The molecule has 0 saturated carbocycles. The zero-order valence-corrected chi connectivity index (χ0v) is 5.78. The molecule has 0 atom stereocenters. The Balaban J connectivity index is 3.38. The van der Waals surface area contributed by atoms with Crippen molar-refractivity contribution in [1.82, 2.24) is 10.6 Å². The Bertz CT molecular complexity index is 76.6. The van der Waals surface area contributed by atoms with E-state index in [1.54, 1.807) is 0 Å². The third kappa shape index (κ3) is 2.64. The molecule has 0 radical (unpaired) electrons. The number of rotatable bonds is 3. The Kier molecular flexibility index (Phi) is 4.36. The minimum atomic E-state index is 0.924. The first-order chi connectivity index (χ1) is 3.85. The van der Waals surface area contributed by atoms with Crippen molar-refractivity contribution in [2.75, 3.05) is 20.6 Å². The summed E-state index contributed by atoms with van der Waals surface area (Å²) in [6, 6.07) is 0. The summed E-state index contributed by atoms with van der Waals surface area (Å²) in [5.74, 6) is 0. The first-order valence-electron chi connectivity index (χ1n) is 2.82. The van der Waals surface area contributed by atoms with Gasteiger partial charge in [-0.2, -0.15) is 0 Å². The topological polar surface area (TPSA) is 24.1 Å². The lowest BCUT2D eigenvalue weighted by atomic mass is 10.4. The number of allylic oxidation sites excluding steroid dienone is 1. The van der Waals surface area contributed by atoms with E-state index in [9.17, 15) is 0 Å². The fourth-order valence-corrected chi connectivity index (χ4v) is 0.525. The van der Waals surface area contributed by atoms with Crippen LogP contribution < -0.4 is 10.6 Å². The van der Waals surface area contributed by atoms with Gasteiger partial charge < -0.3 is 10.6 Å². The molecule has 2 N–H and O–H groups in total. The standard InChI is InChI=1S/C6H14N2/c1-4-6(8-3)5-7-2/h4,7-8H,5H2,1-3H3/b6-4-. The second kappa shape index (κ2) is 4.65. The fraction of sp³-hybridized carbons (Fsp3) is 0.667. The smallest absolute Gasteiger partial charge is 0.0348 e. The summed E-state index contributed by atoms with van der Waals surface area (Å²) in [4.78, 5) is 0. The number of hydrogen-bond acceptors (Lipinski definition) is 2. The van der Waals surface area contributed by atoms with Crippen LogP contribution in [0.5, 0.6) is 0 Å². The van der Waals surface area contributed by atoms with E-state index in [0.29, 0.717) is 0 Å². The minimum Gasteiger partial charge on any atom is -0.391 e. The van der Waals surface area contributed by atoms with Gasteiger partial charge in [-0.1, -0.05) is 6.08 Å². The average Bonchev–Trinajstić information content (AvgIpc) is 1.83. The monoisotopic (exact) mass is 114 g/mol. The molecule has 48 valence electrons. The maximum atomic E-state index is 3.05. The first-order valence-corrected chi connectivity index (χ1v) is 2.82. The van der Waals surface area contributed by atoms with Gasteiger partial charge >= 0.3 is 0 Å². The highest BCUT2D eigenvalue weighted by molar-refractivity contribution is 4.97. The highest BCUT2D eigenvalue weighted by Gasteiger charge is 1.84. The van der Waals surface area contributed by atoms with Crippen molar-refractivity contribution in [2.45, 2.75) is 6.92 Å². The van der Waals surface area contributed by atoms with Crippen LogP contribution in [0.15, 0.2) is 11.8 Å². The molecule has 2 heteroatoms. The molecule has 8 heavy (non-hydrogen) atoms. The van der Waals surface area contributed by atoms with Gasteiger partial charge in [-0.05, 0) is 14.0 Å². The van der Waals surface area contributed by atoms with Crippen LogP contribution in [0, 0.1) is 0 Å². The predicted octanol–water partition coefficient (Wildman–Crippen LogP) is 0.329. The molecule has 0 aromatic heterocycles. The Hall–Kier alpha value is -0.500. The largest absolute Gasteiger partial charge is 0.391 e. The van der Waals surface area contributed by atoms with E-state index in [0.717, 1.165) is 6.54 Å². The van der Waals surface area contributed by atoms with Gasteiger partial charge in [0.2, 0.25) is 0 Å². The van der Waals surface area contributed by atoms with E-state index in [2.05, 4.69) is 16.7 Å². The Morgan fingerprint density at radius 1 is 1.50 bits per heavy atom. The lowest BCUT2D eigenvalue weighted by molar-refractivity contribution is 0.808. The zero-order chi connectivity index (χ0) is 6.41.